The molecular formula is C21H16O2. The van der Waals surface area contributed by atoms with Crippen molar-refractivity contribution in [3.8, 4) is 5.75 Å². The number of carbonyl (C=O) groups is 1. The van der Waals surface area contributed by atoms with E-state index in [-0.39, 0.29) is 12.0 Å². The minimum atomic E-state index is -0.116. The SMILES string of the molecule is O=Cc1cccc2c1[C@@H](c1ccccc1)[C@H](c1ccccc1)O2. The van der Waals surface area contributed by atoms with Gasteiger partial charge in [0.2, 0.25) is 0 Å². The van der Waals surface area contributed by atoms with E-state index in [4.69, 9.17) is 4.74 Å². The molecule has 1 aliphatic rings. The highest BCUT2D eigenvalue weighted by atomic mass is 16.5. The summed E-state index contributed by atoms with van der Waals surface area (Å²) in [5.74, 6) is 0.826. The molecular weight excluding hydrogens is 284 g/mol. The summed E-state index contributed by atoms with van der Waals surface area (Å²) in [5.41, 5.74) is 3.97. The van der Waals surface area contributed by atoms with Gasteiger partial charge in [0.15, 0.2) is 0 Å². The summed E-state index contributed by atoms with van der Waals surface area (Å²) in [5, 5.41) is 0. The molecule has 4 rings (SSSR count). The van der Waals surface area contributed by atoms with Crippen molar-refractivity contribution in [3.63, 3.8) is 0 Å². The lowest BCUT2D eigenvalue weighted by Gasteiger charge is -2.20. The van der Waals surface area contributed by atoms with E-state index >= 15 is 0 Å². The van der Waals surface area contributed by atoms with E-state index in [0.717, 1.165) is 28.7 Å². The highest BCUT2D eigenvalue weighted by molar-refractivity contribution is 5.80. The fraction of sp³-hybridized carbons (Fsp3) is 0.0952. The van der Waals surface area contributed by atoms with E-state index in [1.54, 1.807) is 0 Å². The van der Waals surface area contributed by atoms with Crippen LogP contribution in [0.3, 0.4) is 0 Å². The zero-order valence-corrected chi connectivity index (χ0v) is 12.6. The second-order valence-electron chi connectivity index (χ2n) is 5.71. The fourth-order valence-electron chi connectivity index (χ4n) is 3.36. The van der Waals surface area contributed by atoms with Crippen LogP contribution in [0.2, 0.25) is 0 Å². The largest absolute Gasteiger partial charge is 0.484 e. The third-order valence-electron chi connectivity index (χ3n) is 4.38. The number of rotatable bonds is 3. The van der Waals surface area contributed by atoms with E-state index in [2.05, 4.69) is 24.3 Å². The van der Waals surface area contributed by atoms with Crippen molar-refractivity contribution in [1.82, 2.24) is 0 Å². The van der Waals surface area contributed by atoms with E-state index in [1.807, 2.05) is 54.6 Å². The Morgan fingerprint density at radius 2 is 1.39 bits per heavy atom. The molecule has 0 amide bonds. The van der Waals surface area contributed by atoms with Gasteiger partial charge in [-0.1, -0.05) is 72.8 Å². The molecule has 3 aromatic carbocycles. The van der Waals surface area contributed by atoms with Gasteiger partial charge in [-0.2, -0.15) is 0 Å². The average molecular weight is 300 g/mol. The molecule has 0 aromatic heterocycles. The zero-order valence-electron chi connectivity index (χ0n) is 12.6. The first-order valence-electron chi connectivity index (χ1n) is 7.73. The van der Waals surface area contributed by atoms with Gasteiger partial charge in [0, 0.05) is 11.1 Å². The Labute approximate surface area is 135 Å². The lowest BCUT2D eigenvalue weighted by molar-refractivity contribution is 0.112. The normalized spacial score (nSPS) is 19.0. The molecule has 0 bridgehead atoms. The van der Waals surface area contributed by atoms with Crippen molar-refractivity contribution >= 4 is 6.29 Å². The molecule has 112 valence electrons. The minimum Gasteiger partial charge on any atom is -0.484 e. The maximum absolute atomic E-state index is 11.5. The third kappa shape index (κ3) is 2.33. The van der Waals surface area contributed by atoms with Gasteiger partial charge in [0.1, 0.15) is 18.1 Å². The number of ether oxygens (including phenoxy) is 1. The predicted molar refractivity (Wildman–Crippen MR) is 89.9 cm³/mol. The van der Waals surface area contributed by atoms with Crippen molar-refractivity contribution in [2.75, 3.05) is 0 Å². The standard InChI is InChI=1S/C21H16O2/c22-14-17-12-7-13-18-19(17)20(15-8-3-1-4-9-15)21(23-18)16-10-5-2-6-11-16/h1-14,20-21H/t20-,21+/m1/s1. The second-order valence-corrected chi connectivity index (χ2v) is 5.71. The molecule has 23 heavy (non-hydrogen) atoms. The van der Waals surface area contributed by atoms with Crippen molar-refractivity contribution < 1.29 is 9.53 Å². The van der Waals surface area contributed by atoms with Crippen LogP contribution in [-0.4, -0.2) is 6.29 Å². The Balaban J connectivity index is 1.91. The topological polar surface area (TPSA) is 26.3 Å². The van der Waals surface area contributed by atoms with Crippen LogP contribution in [-0.2, 0) is 0 Å². The Morgan fingerprint density at radius 1 is 0.739 bits per heavy atom. The molecule has 0 saturated carbocycles. The van der Waals surface area contributed by atoms with Gasteiger partial charge in [-0.3, -0.25) is 4.79 Å². The molecule has 0 unspecified atom stereocenters. The summed E-state index contributed by atoms with van der Waals surface area (Å²) in [6, 6.07) is 26.1. The van der Waals surface area contributed by atoms with Crippen molar-refractivity contribution in [1.29, 1.82) is 0 Å². The smallest absolute Gasteiger partial charge is 0.150 e. The van der Waals surface area contributed by atoms with Crippen LogP contribution in [0, 0.1) is 0 Å². The molecule has 1 aliphatic heterocycles. The first kappa shape index (κ1) is 13.8. The first-order valence-corrected chi connectivity index (χ1v) is 7.73. The van der Waals surface area contributed by atoms with Gasteiger partial charge in [-0.15, -0.1) is 0 Å². The van der Waals surface area contributed by atoms with E-state index < -0.39 is 0 Å². The summed E-state index contributed by atoms with van der Waals surface area (Å²) < 4.78 is 6.24. The van der Waals surface area contributed by atoms with Gasteiger partial charge >= 0.3 is 0 Å². The zero-order chi connectivity index (χ0) is 15.6. The minimum absolute atomic E-state index is 0.0231. The van der Waals surface area contributed by atoms with Crippen molar-refractivity contribution in [3.05, 3.63) is 101 Å². The van der Waals surface area contributed by atoms with Crippen LogP contribution >= 0.6 is 0 Å². The van der Waals surface area contributed by atoms with E-state index in [9.17, 15) is 4.79 Å². The number of aldehydes is 1. The lowest BCUT2D eigenvalue weighted by atomic mass is 9.83. The molecule has 2 atom stereocenters. The van der Waals surface area contributed by atoms with Crippen LogP contribution < -0.4 is 4.74 Å². The fourth-order valence-corrected chi connectivity index (χ4v) is 3.36. The molecule has 0 spiro atoms. The van der Waals surface area contributed by atoms with Crippen LogP contribution in [0.15, 0.2) is 78.9 Å². The Hall–Kier alpha value is -2.87. The molecule has 3 aromatic rings. The highest BCUT2D eigenvalue weighted by Crippen LogP contribution is 2.50. The molecule has 0 aliphatic carbocycles. The number of benzene rings is 3. The molecule has 2 heteroatoms. The Kier molecular flexibility index (Phi) is 3.43. The molecule has 0 fully saturated rings. The van der Waals surface area contributed by atoms with Crippen molar-refractivity contribution in [2.24, 2.45) is 0 Å². The van der Waals surface area contributed by atoms with Crippen LogP contribution in [0.1, 0.15) is 39.1 Å². The quantitative estimate of drug-likeness (QED) is 0.652. The van der Waals surface area contributed by atoms with Crippen LogP contribution in [0.25, 0.3) is 0 Å². The van der Waals surface area contributed by atoms with E-state index in [1.165, 1.54) is 0 Å². The first-order chi connectivity index (χ1) is 11.4. The number of hydrogen-bond donors (Lipinski definition) is 0. The van der Waals surface area contributed by atoms with Gasteiger partial charge in [0.05, 0.1) is 5.92 Å². The maximum atomic E-state index is 11.5. The summed E-state index contributed by atoms with van der Waals surface area (Å²) in [7, 11) is 0. The average Bonchev–Trinajstić information content (AvgIpc) is 3.03. The number of hydrogen-bond acceptors (Lipinski definition) is 2. The summed E-state index contributed by atoms with van der Waals surface area (Å²) in [6.07, 6.45) is 0.806. The third-order valence-corrected chi connectivity index (χ3v) is 4.38. The Morgan fingerprint density at radius 3 is 2.04 bits per heavy atom. The molecule has 0 radical (unpaired) electrons. The van der Waals surface area contributed by atoms with Crippen LogP contribution in [0.4, 0.5) is 0 Å². The van der Waals surface area contributed by atoms with Crippen LogP contribution in [0.5, 0.6) is 5.75 Å². The molecule has 2 nitrogen and oxygen atoms in total. The number of carbonyl (C=O) groups excluding carboxylic acids is 1. The van der Waals surface area contributed by atoms with E-state index in [0.29, 0.717) is 5.56 Å². The monoisotopic (exact) mass is 300 g/mol. The Bertz CT molecular complexity index is 825. The van der Waals surface area contributed by atoms with Crippen molar-refractivity contribution in [2.45, 2.75) is 12.0 Å². The number of fused-ring (bicyclic) bond motifs is 1. The molecule has 0 N–H and O–H groups in total. The lowest BCUT2D eigenvalue weighted by Crippen LogP contribution is -2.12. The van der Waals surface area contributed by atoms with Gasteiger partial charge in [0.25, 0.3) is 0 Å². The molecule has 0 saturated heterocycles. The summed E-state index contributed by atoms with van der Waals surface area (Å²) >= 11 is 0. The maximum Gasteiger partial charge on any atom is 0.150 e. The summed E-state index contributed by atoms with van der Waals surface area (Å²) in [6.45, 7) is 0. The van der Waals surface area contributed by atoms with Gasteiger partial charge in [-0.25, -0.2) is 0 Å². The van der Waals surface area contributed by atoms with Gasteiger partial charge < -0.3 is 4.74 Å². The summed E-state index contributed by atoms with van der Waals surface area (Å²) in [4.78, 5) is 11.5. The van der Waals surface area contributed by atoms with Gasteiger partial charge in [-0.05, 0) is 17.2 Å². The predicted octanol–water partition coefficient (Wildman–Crippen LogP) is 4.76. The molecule has 1 heterocycles. The highest BCUT2D eigenvalue weighted by Gasteiger charge is 2.38. The second kappa shape index (κ2) is 5.73.